The van der Waals surface area contributed by atoms with Crippen molar-refractivity contribution in [3.63, 3.8) is 0 Å². The number of halogens is 7. The van der Waals surface area contributed by atoms with E-state index in [1.165, 1.54) is 31.3 Å². The molecule has 0 heterocycles. The van der Waals surface area contributed by atoms with Gasteiger partial charge in [-0.25, -0.2) is 0 Å². The van der Waals surface area contributed by atoms with Crippen molar-refractivity contribution in [2.75, 3.05) is 7.05 Å². The van der Waals surface area contributed by atoms with Gasteiger partial charge in [-0.15, -0.1) is 0 Å². The summed E-state index contributed by atoms with van der Waals surface area (Å²) < 4.78 is 41.3. The molecular weight excluding hydrogens is 570 g/mol. The fraction of sp³-hybridized carbons (Fsp3) is 0.190. The van der Waals surface area contributed by atoms with Crippen LogP contribution in [0.2, 0.25) is 15.1 Å². The number of amides is 2. The number of nitriles is 1. The lowest BCUT2D eigenvalue weighted by atomic mass is 9.97. The highest BCUT2D eigenvalue weighted by Crippen LogP contribution is 2.41. The number of carbonyl (C=O) groups excluding carboxylic acids is 2. The van der Waals surface area contributed by atoms with Gasteiger partial charge in [0.2, 0.25) is 0 Å². The van der Waals surface area contributed by atoms with Crippen LogP contribution in [-0.2, 0) is 4.79 Å². The predicted octanol–water partition coefficient (Wildman–Crippen LogP) is 6.79. The van der Waals surface area contributed by atoms with E-state index in [1.54, 1.807) is 6.07 Å². The van der Waals surface area contributed by atoms with Crippen LogP contribution in [0.25, 0.3) is 6.08 Å². The third-order valence-electron chi connectivity index (χ3n) is 4.31. The average molecular weight is 584 g/mol. The first kappa shape index (κ1) is 27.0. The van der Waals surface area contributed by atoms with Gasteiger partial charge in [0.05, 0.1) is 32.6 Å². The third kappa shape index (κ3) is 7.11. The molecule has 0 aliphatic heterocycles. The molecule has 2 amide bonds. The molecule has 1 atom stereocenters. The molecule has 0 bridgehead atoms. The van der Waals surface area contributed by atoms with Gasteiger partial charge in [0.25, 0.3) is 11.8 Å². The van der Waals surface area contributed by atoms with Gasteiger partial charge in [0, 0.05) is 11.5 Å². The molecule has 33 heavy (non-hydrogen) atoms. The van der Waals surface area contributed by atoms with Gasteiger partial charge in [-0.05, 0) is 51.3 Å². The van der Waals surface area contributed by atoms with E-state index in [2.05, 4.69) is 21.4 Å². The van der Waals surface area contributed by atoms with Crippen LogP contribution in [0.1, 0.15) is 33.8 Å². The first-order chi connectivity index (χ1) is 15.3. The summed E-state index contributed by atoms with van der Waals surface area (Å²) in [6.07, 6.45) is -2.87. The monoisotopic (exact) mass is 581 g/mol. The van der Waals surface area contributed by atoms with E-state index in [1.807, 2.05) is 0 Å². The number of hydrogen-bond acceptors (Lipinski definition) is 3. The molecule has 2 aromatic rings. The molecule has 12 heteroatoms. The third-order valence-corrected chi connectivity index (χ3v) is 6.16. The zero-order valence-corrected chi connectivity index (χ0v) is 20.5. The standard InChI is InChI=1S/C21H14BrCl3F3N3O2/c1-31(18(32)6-7-29)30-20(33)13-4-2-11(8-15(13)22)3-5-14(21(26,27)28)12-9-16(23)19(25)17(24)10-12/h2-5,8-10,14H,6H2,1H3,(H,30,33)/b5-3+. The zero-order chi connectivity index (χ0) is 24.9. The molecule has 174 valence electrons. The highest BCUT2D eigenvalue weighted by molar-refractivity contribution is 9.10. The maximum Gasteiger partial charge on any atom is 0.399 e. The summed E-state index contributed by atoms with van der Waals surface area (Å²) in [4.78, 5) is 24.0. The molecule has 0 aliphatic carbocycles. The number of rotatable bonds is 5. The van der Waals surface area contributed by atoms with E-state index >= 15 is 0 Å². The van der Waals surface area contributed by atoms with Crippen LogP contribution >= 0.6 is 50.7 Å². The molecule has 0 aromatic heterocycles. The Bertz CT molecular complexity index is 1130. The van der Waals surface area contributed by atoms with Gasteiger partial charge < -0.3 is 0 Å². The average Bonchev–Trinajstić information content (AvgIpc) is 2.71. The minimum absolute atomic E-state index is 0.0373. The van der Waals surface area contributed by atoms with Gasteiger partial charge in [-0.3, -0.25) is 20.0 Å². The minimum Gasteiger partial charge on any atom is -0.272 e. The summed E-state index contributed by atoms with van der Waals surface area (Å²) in [7, 11) is 1.29. The van der Waals surface area contributed by atoms with Crippen molar-refractivity contribution in [2.24, 2.45) is 0 Å². The van der Waals surface area contributed by atoms with Crippen molar-refractivity contribution in [3.8, 4) is 6.07 Å². The Morgan fingerprint density at radius 3 is 2.33 bits per heavy atom. The summed E-state index contributed by atoms with van der Waals surface area (Å²) in [6, 6.07) is 8.13. The zero-order valence-electron chi connectivity index (χ0n) is 16.7. The van der Waals surface area contributed by atoms with Gasteiger partial charge in [-0.2, -0.15) is 18.4 Å². The lowest BCUT2D eigenvalue weighted by Crippen LogP contribution is -2.43. The SMILES string of the molecule is CN(NC(=O)c1ccc(/C=C/C(c2cc(Cl)c(Cl)c(Cl)c2)C(F)(F)F)cc1Br)C(=O)CC#N. The van der Waals surface area contributed by atoms with Crippen LogP contribution in [0.15, 0.2) is 40.9 Å². The second kappa shape index (κ2) is 11.3. The first-order valence-corrected chi connectivity index (χ1v) is 10.9. The Hall–Kier alpha value is -2.25. The number of allylic oxidation sites excluding steroid dienone is 1. The van der Waals surface area contributed by atoms with Crippen molar-refractivity contribution in [1.29, 1.82) is 5.26 Å². The number of nitrogens with zero attached hydrogens (tertiary/aromatic N) is 2. The Labute approximate surface area is 210 Å². The number of hydrogen-bond donors (Lipinski definition) is 1. The van der Waals surface area contributed by atoms with Crippen LogP contribution in [0.5, 0.6) is 0 Å². The highest BCUT2D eigenvalue weighted by atomic mass is 79.9. The Morgan fingerprint density at radius 1 is 1.21 bits per heavy atom. The first-order valence-electron chi connectivity index (χ1n) is 8.98. The van der Waals surface area contributed by atoms with Crippen molar-refractivity contribution >= 4 is 68.6 Å². The van der Waals surface area contributed by atoms with Crippen molar-refractivity contribution < 1.29 is 22.8 Å². The van der Waals surface area contributed by atoms with Crippen molar-refractivity contribution in [1.82, 2.24) is 10.4 Å². The molecule has 1 N–H and O–H groups in total. The Morgan fingerprint density at radius 2 is 1.82 bits per heavy atom. The number of carbonyl (C=O) groups is 2. The fourth-order valence-electron chi connectivity index (χ4n) is 2.65. The molecule has 2 rings (SSSR count). The normalized spacial score (nSPS) is 12.3. The predicted molar refractivity (Wildman–Crippen MR) is 124 cm³/mol. The topological polar surface area (TPSA) is 73.2 Å². The lowest BCUT2D eigenvalue weighted by Gasteiger charge is -2.19. The van der Waals surface area contributed by atoms with Crippen LogP contribution in [-0.4, -0.2) is 30.0 Å². The van der Waals surface area contributed by atoms with Crippen LogP contribution in [0, 0.1) is 11.3 Å². The maximum absolute atomic E-state index is 13.7. The van der Waals surface area contributed by atoms with Crippen molar-refractivity contribution in [2.45, 2.75) is 18.5 Å². The summed E-state index contributed by atoms with van der Waals surface area (Å²) in [5.41, 5.74) is 2.63. The maximum atomic E-state index is 13.7. The highest BCUT2D eigenvalue weighted by Gasteiger charge is 2.39. The smallest absolute Gasteiger partial charge is 0.272 e. The molecule has 2 aromatic carbocycles. The molecule has 0 spiro atoms. The number of nitrogens with one attached hydrogen (secondary N) is 1. The molecule has 0 saturated carbocycles. The largest absolute Gasteiger partial charge is 0.399 e. The molecular formula is C21H14BrCl3F3N3O2. The molecule has 0 fully saturated rings. The van der Waals surface area contributed by atoms with Gasteiger partial charge >= 0.3 is 6.18 Å². The quantitative estimate of drug-likeness (QED) is 0.311. The van der Waals surface area contributed by atoms with Crippen LogP contribution in [0.3, 0.4) is 0 Å². The van der Waals surface area contributed by atoms with E-state index in [-0.39, 0.29) is 30.7 Å². The van der Waals surface area contributed by atoms with E-state index in [0.717, 1.165) is 23.2 Å². The molecule has 0 aliphatic rings. The van der Waals surface area contributed by atoms with Gasteiger partial charge in [0.15, 0.2) is 0 Å². The molecule has 1 unspecified atom stereocenters. The lowest BCUT2D eigenvalue weighted by molar-refractivity contribution is -0.139. The van der Waals surface area contributed by atoms with Crippen LogP contribution in [0.4, 0.5) is 13.2 Å². The number of benzene rings is 2. The van der Waals surface area contributed by atoms with E-state index in [9.17, 15) is 22.8 Å². The van der Waals surface area contributed by atoms with Crippen LogP contribution < -0.4 is 5.43 Å². The molecule has 0 radical (unpaired) electrons. The number of alkyl halides is 3. The second-order valence-electron chi connectivity index (χ2n) is 6.64. The minimum atomic E-state index is -4.63. The Balaban J connectivity index is 2.28. The molecule has 5 nitrogen and oxygen atoms in total. The van der Waals surface area contributed by atoms with Gasteiger partial charge in [-0.1, -0.05) is 53.0 Å². The second-order valence-corrected chi connectivity index (χ2v) is 8.69. The van der Waals surface area contributed by atoms with E-state index < -0.39 is 30.3 Å². The van der Waals surface area contributed by atoms with E-state index in [4.69, 9.17) is 40.1 Å². The Kier molecular flexibility index (Phi) is 9.20. The fourth-order valence-corrected chi connectivity index (χ4v) is 3.84. The van der Waals surface area contributed by atoms with Crippen molar-refractivity contribution in [3.05, 3.63) is 72.6 Å². The number of hydrazine groups is 1. The van der Waals surface area contributed by atoms with E-state index in [0.29, 0.717) is 5.56 Å². The summed E-state index contributed by atoms with van der Waals surface area (Å²) in [5.74, 6) is -3.27. The summed E-state index contributed by atoms with van der Waals surface area (Å²) in [6.45, 7) is 0. The molecule has 0 saturated heterocycles. The summed E-state index contributed by atoms with van der Waals surface area (Å²) in [5, 5.41) is 9.19. The summed E-state index contributed by atoms with van der Waals surface area (Å²) >= 11 is 20.8. The van der Waals surface area contributed by atoms with Gasteiger partial charge in [0.1, 0.15) is 6.42 Å².